The Kier molecular flexibility index (Phi) is 7.46. The van der Waals surface area contributed by atoms with Gasteiger partial charge in [0, 0.05) is 39.4 Å². The van der Waals surface area contributed by atoms with E-state index in [1.165, 1.54) is 0 Å². The van der Waals surface area contributed by atoms with Crippen molar-refractivity contribution >= 4 is 0 Å². The summed E-state index contributed by atoms with van der Waals surface area (Å²) in [6.07, 6.45) is 2.86. The Hall–Kier alpha value is -0.670. The smallest absolute Gasteiger partial charge is 0.108 e. The summed E-state index contributed by atoms with van der Waals surface area (Å²) in [5, 5.41) is 13.0. The van der Waals surface area contributed by atoms with Gasteiger partial charge in [0.25, 0.3) is 0 Å². The Morgan fingerprint density at radius 2 is 1.90 bits per heavy atom. The van der Waals surface area contributed by atoms with Crippen molar-refractivity contribution in [3.63, 3.8) is 0 Å². The van der Waals surface area contributed by atoms with E-state index in [1.54, 1.807) is 14.2 Å². The summed E-state index contributed by atoms with van der Waals surface area (Å²) in [6, 6.07) is 3.27. The van der Waals surface area contributed by atoms with Gasteiger partial charge in [0.15, 0.2) is 0 Å². The van der Waals surface area contributed by atoms with Gasteiger partial charge in [-0.05, 0) is 33.1 Å². The quantitative estimate of drug-likeness (QED) is 0.693. The highest BCUT2D eigenvalue weighted by Crippen LogP contribution is 2.33. The topological polar surface area (TPSA) is 57.5 Å². The first-order valence-electron chi connectivity index (χ1n) is 7.48. The first-order chi connectivity index (χ1) is 9.56. The average molecular weight is 283 g/mol. The number of nitriles is 1. The molecule has 5 heteroatoms. The summed E-state index contributed by atoms with van der Waals surface area (Å²) >= 11 is 0. The lowest BCUT2D eigenvalue weighted by atomic mass is 9.98. The van der Waals surface area contributed by atoms with Crippen molar-refractivity contribution in [2.75, 3.05) is 40.5 Å². The number of rotatable bonds is 9. The van der Waals surface area contributed by atoms with Gasteiger partial charge in [0.1, 0.15) is 5.54 Å². The third kappa shape index (κ3) is 5.02. The van der Waals surface area contributed by atoms with Crippen LogP contribution in [0.4, 0.5) is 0 Å². The zero-order chi connectivity index (χ0) is 15.0. The van der Waals surface area contributed by atoms with Crippen LogP contribution in [-0.2, 0) is 9.47 Å². The molecule has 0 saturated heterocycles. The predicted octanol–water partition coefficient (Wildman–Crippen LogP) is 1.39. The lowest BCUT2D eigenvalue weighted by molar-refractivity contribution is 0.0868. The highest BCUT2D eigenvalue weighted by molar-refractivity contribution is 5.14. The molecule has 0 bridgehead atoms. The lowest BCUT2D eigenvalue weighted by Gasteiger charge is -2.30. The summed E-state index contributed by atoms with van der Waals surface area (Å²) in [7, 11) is 3.45. The van der Waals surface area contributed by atoms with Crippen LogP contribution in [0.2, 0.25) is 0 Å². The molecule has 2 unspecified atom stereocenters. The molecule has 1 aliphatic rings. The minimum Gasteiger partial charge on any atom is -0.383 e. The van der Waals surface area contributed by atoms with E-state index in [0.29, 0.717) is 12.1 Å². The van der Waals surface area contributed by atoms with Crippen LogP contribution < -0.4 is 5.32 Å². The van der Waals surface area contributed by atoms with E-state index in [1.807, 2.05) is 0 Å². The Balaban J connectivity index is 2.62. The van der Waals surface area contributed by atoms with Crippen LogP contribution in [0.3, 0.4) is 0 Å². The Morgan fingerprint density at radius 1 is 1.30 bits per heavy atom. The van der Waals surface area contributed by atoms with Crippen molar-refractivity contribution in [2.24, 2.45) is 0 Å². The van der Waals surface area contributed by atoms with E-state index in [4.69, 9.17) is 9.47 Å². The van der Waals surface area contributed by atoms with E-state index in [9.17, 15) is 5.26 Å². The fourth-order valence-corrected chi connectivity index (χ4v) is 3.04. The molecule has 2 atom stereocenters. The maximum atomic E-state index is 9.54. The second-order valence-electron chi connectivity index (χ2n) is 5.91. The summed E-state index contributed by atoms with van der Waals surface area (Å²) in [6.45, 7) is 7.43. The molecule has 0 heterocycles. The molecule has 0 radical (unpaired) electrons. The molecule has 1 aliphatic carbocycles. The molecule has 116 valence electrons. The van der Waals surface area contributed by atoms with Gasteiger partial charge in [-0.3, -0.25) is 10.2 Å². The zero-order valence-electron chi connectivity index (χ0n) is 13.3. The monoisotopic (exact) mass is 283 g/mol. The molecule has 5 nitrogen and oxygen atoms in total. The molecule has 0 aromatic rings. The summed E-state index contributed by atoms with van der Waals surface area (Å²) in [5.74, 6) is 0. The van der Waals surface area contributed by atoms with E-state index in [-0.39, 0.29) is 5.54 Å². The van der Waals surface area contributed by atoms with Crippen molar-refractivity contribution in [1.82, 2.24) is 10.2 Å². The molecule has 0 aliphatic heterocycles. The van der Waals surface area contributed by atoms with Crippen LogP contribution in [0.15, 0.2) is 0 Å². The van der Waals surface area contributed by atoms with Gasteiger partial charge in [-0.2, -0.15) is 5.26 Å². The van der Waals surface area contributed by atoms with Gasteiger partial charge in [-0.15, -0.1) is 0 Å². The van der Waals surface area contributed by atoms with E-state index >= 15 is 0 Å². The fraction of sp³-hybridized carbons (Fsp3) is 0.933. The van der Waals surface area contributed by atoms with Crippen LogP contribution in [-0.4, -0.2) is 63.0 Å². The normalized spacial score (nSPS) is 26.4. The van der Waals surface area contributed by atoms with Crippen LogP contribution in [0.1, 0.15) is 33.1 Å². The van der Waals surface area contributed by atoms with Crippen LogP contribution in [0.5, 0.6) is 0 Å². The molecule has 0 aromatic carbocycles. The average Bonchev–Trinajstić information content (AvgIpc) is 2.83. The first kappa shape index (κ1) is 17.4. The largest absolute Gasteiger partial charge is 0.383 e. The van der Waals surface area contributed by atoms with Crippen molar-refractivity contribution in [3.8, 4) is 6.07 Å². The molecule has 20 heavy (non-hydrogen) atoms. The van der Waals surface area contributed by atoms with E-state index in [2.05, 4.69) is 30.1 Å². The molecule has 1 N–H and O–H groups in total. The van der Waals surface area contributed by atoms with Gasteiger partial charge in [-0.1, -0.05) is 0 Å². The molecular weight excluding hydrogens is 254 g/mol. The molecule has 0 aromatic heterocycles. The highest BCUT2D eigenvalue weighted by atomic mass is 16.5. The van der Waals surface area contributed by atoms with Crippen molar-refractivity contribution in [3.05, 3.63) is 0 Å². The van der Waals surface area contributed by atoms with Crippen LogP contribution in [0, 0.1) is 11.3 Å². The summed E-state index contributed by atoms with van der Waals surface area (Å²) < 4.78 is 10.4. The maximum Gasteiger partial charge on any atom is 0.108 e. The number of nitrogens with zero attached hydrogens (tertiary/aromatic N) is 2. The Labute approximate surface area is 123 Å². The number of hydrogen-bond acceptors (Lipinski definition) is 5. The second kappa shape index (κ2) is 8.58. The Bertz CT molecular complexity index is 309. The van der Waals surface area contributed by atoms with E-state index < -0.39 is 0 Å². The van der Waals surface area contributed by atoms with Gasteiger partial charge in [0.2, 0.25) is 0 Å². The minimum absolute atomic E-state index is 0.333. The zero-order valence-corrected chi connectivity index (χ0v) is 13.3. The van der Waals surface area contributed by atoms with Gasteiger partial charge >= 0.3 is 0 Å². The summed E-state index contributed by atoms with van der Waals surface area (Å²) in [5.41, 5.74) is -0.364. The maximum absolute atomic E-state index is 9.54. The van der Waals surface area contributed by atoms with Gasteiger partial charge in [0.05, 0.1) is 19.3 Å². The van der Waals surface area contributed by atoms with Crippen molar-refractivity contribution in [1.29, 1.82) is 5.26 Å². The highest BCUT2D eigenvalue weighted by Gasteiger charge is 2.41. The third-order valence-corrected chi connectivity index (χ3v) is 3.95. The second-order valence-corrected chi connectivity index (χ2v) is 5.91. The standard InChI is InChI=1S/C15H29N3O2/c1-13(2)17-15(12-16)6-5-14(11-15)18(7-9-19-3)8-10-20-4/h13-14,17H,5-11H2,1-4H3. The predicted molar refractivity (Wildman–Crippen MR) is 79.6 cm³/mol. The summed E-state index contributed by atoms with van der Waals surface area (Å²) in [4.78, 5) is 2.40. The van der Waals surface area contributed by atoms with Gasteiger partial charge in [-0.25, -0.2) is 0 Å². The fourth-order valence-electron chi connectivity index (χ4n) is 3.04. The SMILES string of the molecule is COCCN(CCOC)C1CCC(C#N)(NC(C)C)C1. The Morgan fingerprint density at radius 3 is 2.35 bits per heavy atom. The molecule has 0 spiro atoms. The molecule has 1 rings (SSSR count). The molecule has 1 saturated carbocycles. The first-order valence-corrected chi connectivity index (χ1v) is 7.48. The lowest BCUT2D eigenvalue weighted by Crippen LogP contribution is -2.47. The van der Waals surface area contributed by atoms with Crippen molar-refractivity contribution < 1.29 is 9.47 Å². The number of ether oxygens (including phenoxy) is 2. The number of methoxy groups -OCH3 is 2. The van der Waals surface area contributed by atoms with Gasteiger partial charge < -0.3 is 9.47 Å². The molecular formula is C15H29N3O2. The third-order valence-electron chi connectivity index (χ3n) is 3.95. The molecule has 1 fully saturated rings. The molecule has 0 amide bonds. The number of nitrogens with one attached hydrogen (secondary N) is 1. The van der Waals surface area contributed by atoms with Crippen LogP contribution >= 0.6 is 0 Å². The van der Waals surface area contributed by atoms with E-state index in [0.717, 1.165) is 45.6 Å². The van der Waals surface area contributed by atoms with Crippen LogP contribution in [0.25, 0.3) is 0 Å². The minimum atomic E-state index is -0.364. The number of hydrogen-bond donors (Lipinski definition) is 1. The van der Waals surface area contributed by atoms with Crippen molar-refractivity contribution in [2.45, 2.75) is 50.7 Å².